The van der Waals surface area contributed by atoms with E-state index in [2.05, 4.69) is 116 Å². The second kappa shape index (κ2) is 14.2. The van der Waals surface area contributed by atoms with Gasteiger partial charge < -0.3 is 0 Å². The maximum atomic E-state index is 3.51. The molecule has 0 unspecified atom stereocenters. The molecule has 1 aliphatic carbocycles. The van der Waals surface area contributed by atoms with Crippen LogP contribution in [0.1, 0.15) is 96.4 Å². The summed E-state index contributed by atoms with van der Waals surface area (Å²) in [6.45, 7) is 22.5. The molecule has 0 heterocycles. The van der Waals surface area contributed by atoms with Crippen molar-refractivity contribution in [3.8, 4) is 32.3 Å². The monoisotopic (exact) mass is 697 g/mol. The van der Waals surface area contributed by atoms with Crippen molar-refractivity contribution in [1.82, 2.24) is 9.80 Å². The molecular formula is C35H47HgN2. The van der Waals surface area contributed by atoms with Crippen molar-refractivity contribution in [1.29, 1.82) is 0 Å². The number of benzene rings is 2. The number of rotatable bonds is 12. The fourth-order valence-corrected chi connectivity index (χ4v) is 6.76. The summed E-state index contributed by atoms with van der Waals surface area (Å²) < 4.78 is 3.32. The molecule has 0 aliphatic heterocycles. The van der Waals surface area contributed by atoms with Crippen molar-refractivity contribution in [2.75, 3.05) is 39.3 Å². The molecule has 0 aromatic heterocycles. The molecule has 2 aromatic rings. The van der Waals surface area contributed by atoms with E-state index < -0.39 is 0 Å². The Labute approximate surface area is 249 Å². The van der Waals surface area contributed by atoms with Gasteiger partial charge in [-0.3, -0.25) is 0 Å². The number of hydrogen-bond donors (Lipinski definition) is 0. The molecule has 0 atom stereocenters. The van der Waals surface area contributed by atoms with Crippen molar-refractivity contribution in [3.05, 3.63) is 58.7 Å². The van der Waals surface area contributed by atoms with Crippen molar-refractivity contribution in [3.63, 3.8) is 0 Å². The molecule has 0 saturated heterocycles. The topological polar surface area (TPSA) is 6.48 Å². The van der Waals surface area contributed by atoms with E-state index in [9.17, 15) is 0 Å². The summed E-state index contributed by atoms with van der Waals surface area (Å²) in [5.74, 6) is 10.4. The van der Waals surface area contributed by atoms with Crippen LogP contribution >= 0.6 is 0 Å². The van der Waals surface area contributed by atoms with Gasteiger partial charge in [0.1, 0.15) is 0 Å². The van der Waals surface area contributed by atoms with E-state index in [1.54, 1.807) is 0 Å². The first-order valence-electron chi connectivity index (χ1n) is 14.8. The average Bonchev–Trinajstić information content (AvgIpc) is 3.16. The molecule has 0 fully saturated rings. The van der Waals surface area contributed by atoms with E-state index in [-0.39, 0.29) is 10.8 Å². The van der Waals surface area contributed by atoms with E-state index in [0.717, 1.165) is 44.8 Å². The fraction of sp³-hybridized carbons (Fsp3) is 0.543. The van der Waals surface area contributed by atoms with Gasteiger partial charge in [0.25, 0.3) is 0 Å². The molecule has 38 heavy (non-hydrogen) atoms. The van der Waals surface area contributed by atoms with Crippen LogP contribution in [0, 0.1) is 26.6 Å². The molecule has 0 radical (unpaired) electrons. The molecule has 2 nitrogen and oxygen atoms in total. The Morgan fingerprint density at radius 2 is 1.16 bits per heavy atom. The van der Waals surface area contributed by atoms with Gasteiger partial charge in [-0.15, -0.1) is 0 Å². The molecule has 0 saturated carbocycles. The number of fused-ring (bicyclic) bond motifs is 3. The number of nitrogens with zero attached hydrogens (tertiary/aromatic N) is 2. The predicted octanol–water partition coefficient (Wildman–Crippen LogP) is 7.45. The van der Waals surface area contributed by atoms with Crippen LogP contribution in [0.3, 0.4) is 0 Å². The molecule has 0 spiro atoms. The van der Waals surface area contributed by atoms with E-state index in [1.165, 1.54) is 53.5 Å². The van der Waals surface area contributed by atoms with Gasteiger partial charge in [0.2, 0.25) is 0 Å². The maximum absolute atomic E-state index is 3.51. The van der Waals surface area contributed by atoms with E-state index in [1.807, 2.05) is 0 Å². The third-order valence-corrected chi connectivity index (χ3v) is 8.81. The van der Waals surface area contributed by atoms with Gasteiger partial charge in [0, 0.05) is 0 Å². The first-order chi connectivity index (χ1) is 18.2. The zero-order chi connectivity index (χ0) is 27.8. The van der Waals surface area contributed by atoms with Gasteiger partial charge in [-0.1, -0.05) is 0 Å². The van der Waals surface area contributed by atoms with E-state index in [4.69, 9.17) is 0 Å². The Morgan fingerprint density at radius 1 is 0.711 bits per heavy atom. The van der Waals surface area contributed by atoms with Crippen LogP contribution in [0.25, 0.3) is 11.1 Å². The minimum atomic E-state index is -0.00897. The predicted molar refractivity (Wildman–Crippen MR) is 160 cm³/mol. The summed E-state index contributed by atoms with van der Waals surface area (Å²) in [5, 5.41) is 0. The molecule has 1 aliphatic rings. The summed E-state index contributed by atoms with van der Waals surface area (Å²) >= 11 is 0.490. The number of hydrogen-bond acceptors (Lipinski definition) is 2. The van der Waals surface area contributed by atoms with Crippen molar-refractivity contribution in [2.45, 2.75) is 79.6 Å². The third kappa shape index (κ3) is 7.53. The van der Waals surface area contributed by atoms with E-state index >= 15 is 0 Å². The third-order valence-electron chi connectivity index (χ3n) is 8.12. The molecule has 2 aromatic carbocycles. The Bertz CT molecular complexity index is 1170. The summed E-state index contributed by atoms with van der Waals surface area (Å²) in [7, 11) is 0. The first-order valence-corrected chi connectivity index (χ1v) is 17.5. The summed E-state index contributed by atoms with van der Waals surface area (Å²) in [6, 6.07) is 14.0. The molecular weight excluding hydrogens is 649 g/mol. The zero-order valence-corrected chi connectivity index (χ0v) is 30.6. The van der Waals surface area contributed by atoms with Crippen molar-refractivity contribution in [2.24, 2.45) is 5.41 Å². The zero-order valence-electron chi connectivity index (χ0n) is 25.1. The quantitative estimate of drug-likeness (QED) is 0.168. The van der Waals surface area contributed by atoms with Gasteiger partial charge in [0.05, 0.1) is 0 Å². The second-order valence-electron chi connectivity index (χ2n) is 11.7. The van der Waals surface area contributed by atoms with Gasteiger partial charge >= 0.3 is 230 Å². The van der Waals surface area contributed by atoms with Crippen LogP contribution in [0.15, 0.2) is 36.4 Å². The van der Waals surface area contributed by atoms with Crippen molar-refractivity contribution < 1.29 is 26.1 Å². The fourth-order valence-electron chi connectivity index (χ4n) is 5.96. The minimum absolute atomic E-state index is 0.00897. The van der Waals surface area contributed by atoms with Gasteiger partial charge in [-0.05, 0) is 20.8 Å². The first kappa shape index (κ1) is 30.9. The van der Waals surface area contributed by atoms with Crippen LogP contribution in [0.2, 0.25) is 0 Å². The molecule has 199 valence electrons. The van der Waals surface area contributed by atoms with Gasteiger partial charge in [0.15, 0.2) is 0 Å². The Kier molecular flexibility index (Phi) is 11.5. The molecule has 3 rings (SSSR count). The Morgan fingerprint density at radius 3 is 1.55 bits per heavy atom. The second-order valence-corrected chi connectivity index (χ2v) is 13.0. The standard InChI is InChI=1S/C35H47N2.Hg/c1-9-28-16-18-30-31-19-17-29(20-23-34(6,7)8)27-33(31)35(32(30)26-28,21-14-24-36(10-2)11-3)22-15-25-37(12-4)13-5;/h16-19,26-27H,10-15,21-22,24-25H2,2-8H3;. The Balaban J connectivity index is 2.14. The van der Waals surface area contributed by atoms with Gasteiger partial charge in [-0.25, -0.2) is 0 Å². The molecule has 3 heteroatoms. The SMILES string of the molecule is CCN(CC)CCCC1(CCCN(CC)CC)c2cc(C#[C][Hg])ccc2-c2ccc(C#CC(C)(C)C)cc21. The average molecular weight is 696 g/mol. The Hall–Kier alpha value is -1.58. The normalized spacial score (nSPS) is 13.6. The van der Waals surface area contributed by atoms with Crippen LogP contribution in [-0.2, 0) is 31.5 Å². The van der Waals surface area contributed by atoms with Gasteiger partial charge in [-0.2, -0.15) is 0 Å². The van der Waals surface area contributed by atoms with Crippen LogP contribution in [-0.4, -0.2) is 49.1 Å². The molecule has 0 amide bonds. The molecule has 0 bridgehead atoms. The van der Waals surface area contributed by atoms with Crippen LogP contribution in [0.5, 0.6) is 0 Å². The van der Waals surface area contributed by atoms with Crippen LogP contribution in [0.4, 0.5) is 0 Å². The van der Waals surface area contributed by atoms with Crippen LogP contribution < -0.4 is 0 Å². The van der Waals surface area contributed by atoms with Crippen molar-refractivity contribution >= 4 is 0 Å². The van der Waals surface area contributed by atoms with E-state index in [0.29, 0.717) is 26.1 Å². The summed E-state index contributed by atoms with van der Waals surface area (Å²) in [5.41, 5.74) is 8.13. The molecule has 0 N–H and O–H groups in total. The summed E-state index contributed by atoms with van der Waals surface area (Å²) in [4.78, 5) is 5.13. The summed E-state index contributed by atoms with van der Waals surface area (Å²) in [6.07, 6.45) is 4.73.